The van der Waals surface area contributed by atoms with Crippen molar-refractivity contribution in [2.45, 2.75) is 18.1 Å². The molecule has 0 rings (SSSR count). The van der Waals surface area contributed by atoms with Crippen molar-refractivity contribution in [1.29, 1.82) is 0 Å². The molecule has 0 aromatic heterocycles. The van der Waals surface area contributed by atoms with Gasteiger partial charge in [0.05, 0.1) is 8.80 Å². The fraction of sp³-hybridized carbons (Fsp3) is 0.214. The molecule has 0 saturated heterocycles. The third-order valence-electron chi connectivity index (χ3n) is 1.30. The summed E-state index contributed by atoms with van der Waals surface area (Å²) in [5, 5.41) is 0. The molecule has 0 aliphatic heterocycles. The zero-order valence-corrected chi connectivity index (χ0v) is 14.6. The Morgan fingerprint density at radius 3 is 0.762 bits per heavy atom. The maximum atomic E-state index is 8.00. The Hall–Kier alpha value is -1.69. The van der Waals surface area contributed by atoms with Crippen LogP contribution in [0.1, 0.15) is 0 Å². The van der Waals surface area contributed by atoms with Crippen LogP contribution in [0.5, 0.6) is 0 Å². The molecule has 0 aliphatic carbocycles. The van der Waals surface area contributed by atoms with Crippen molar-refractivity contribution < 1.29 is 41.0 Å². The van der Waals surface area contributed by atoms with Crippen molar-refractivity contribution in [2.75, 3.05) is 0 Å². The minimum Gasteiger partial charge on any atom is -0.307 e. The number of rotatable bonds is 6. The summed E-state index contributed by atoms with van der Waals surface area (Å²) in [5.74, 6) is 0. The quantitative estimate of drug-likeness (QED) is 0.537. The fourth-order valence-electron chi connectivity index (χ4n) is 0.862. The van der Waals surface area contributed by atoms with Gasteiger partial charge in [-0.15, -0.1) is 19.7 Å². The predicted octanol–water partition coefficient (Wildman–Crippen LogP) is 2.11. The minimum absolute atomic E-state index is 0. The molecule has 0 atom stereocenters. The summed E-state index contributed by atoms with van der Waals surface area (Å²) in [6, 6.07) is 3.51. The summed E-state index contributed by atoms with van der Waals surface area (Å²) in [4.78, 5) is 40.0. The molecule has 0 aromatic carbocycles. The molecule has 5 nitrogen and oxygen atoms in total. The van der Waals surface area contributed by atoms with E-state index in [1.54, 1.807) is 0 Å². The Balaban J connectivity index is -0.0000000303. The SMILES string of the molecule is C=CC[Si](CC=C)CC=C.C=O.C=O.C=O.C=O.C=O.[Mn]. The second-order valence-corrected chi connectivity index (χ2v) is 4.95. The van der Waals surface area contributed by atoms with Gasteiger partial charge in [0.25, 0.3) is 0 Å². The summed E-state index contributed by atoms with van der Waals surface area (Å²) < 4.78 is 0. The summed E-state index contributed by atoms with van der Waals surface area (Å²) in [5.41, 5.74) is 0. The first kappa shape index (κ1) is 42.7. The van der Waals surface area contributed by atoms with Crippen LogP contribution >= 0.6 is 0 Å². The minimum atomic E-state index is -0.252. The van der Waals surface area contributed by atoms with Crippen molar-refractivity contribution in [3.8, 4) is 0 Å². The first-order valence-corrected chi connectivity index (χ1v) is 7.07. The zero-order valence-electron chi connectivity index (χ0n) is 12.4. The van der Waals surface area contributed by atoms with Crippen molar-refractivity contribution in [3.05, 3.63) is 38.0 Å². The normalized spacial score (nSPS) is 5.38. The molecule has 0 bridgehead atoms. The van der Waals surface area contributed by atoms with Crippen LogP contribution in [0.3, 0.4) is 0 Å². The third-order valence-corrected chi connectivity index (χ3v) is 3.90. The number of allylic oxidation sites excluding steroid dienone is 3. The molecule has 0 saturated carbocycles. The molecule has 0 aromatic rings. The van der Waals surface area contributed by atoms with Gasteiger partial charge in [-0.25, -0.2) is 0 Å². The van der Waals surface area contributed by atoms with Crippen LogP contribution in [0.25, 0.3) is 0 Å². The van der Waals surface area contributed by atoms with E-state index in [-0.39, 0.29) is 25.9 Å². The molecular weight excluding hydrogens is 331 g/mol. The van der Waals surface area contributed by atoms with E-state index in [1.165, 1.54) is 18.1 Å². The number of hydrogen-bond acceptors (Lipinski definition) is 5. The van der Waals surface area contributed by atoms with Crippen LogP contribution in [0.15, 0.2) is 38.0 Å². The van der Waals surface area contributed by atoms with Gasteiger partial charge in [-0.05, 0) is 18.1 Å². The van der Waals surface area contributed by atoms with Gasteiger partial charge in [-0.2, -0.15) is 0 Å². The van der Waals surface area contributed by atoms with Crippen LogP contribution in [-0.4, -0.2) is 42.7 Å². The molecule has 0 aliphatic rings. The average molecular weight is 356 g/mol. The number of carbonyl (C=O) groups is 5. The van der Waals surface area contributed by atoms with Gasteiger partial charge in [0.15, 0.2) is 0 Å². The van der Waals surface area contributed by atoms with E-state index in [4.69, 9.17) is 24.0 Å². The van der Waals surface area contributed by atoms with Crippen molar-refractivity contribution >= 4 is 42.7 Å². The van der Waals surface area contributed by atoms with Gasteiger partial charge in [0.2, 0.25) is 0 Å². The Kier molecular flexibility index (Phi) is 209. The van der Waals surface area contributed by atoms with E-state index in [1.807, 2.05) is 52.2 Å². The van der Waals surface area contributed by atoms with Gasteiger partial charge < -0.3 is 24.0 Å². The Morgan fingerprint density at radius 1 is 0.524 bits per heavy atom. The van der Waals surface area contributed by atoms with Gasteiger partial charge in [0, 0.05) is 17.1 Å². The summed E-state index contributed by atoms with van der Waals surface area (Å²) in [6.07, 6.45) is 6.00. The van der Waals surface area contributed by atoms with E-state index >= 15 is 0 Å². The summed E-state index contributed by atoms with van der Waals surface area (Å²) >= 11 is 0. The van der Waals surface area contributed by atoms with E-state index in [0.29, 0.717) is 0 Å². The van der Waals surface area contributed by atoms with E-state index in [2.05, 4.69) is 19.7 Å². The molecule has 0 spiro atoms. The molecule has 122 valence electrons. The van der Waals surface area contributed by atoms with E-state index in [9.17, 15) is 0 Å². The van der Waals surface area contributed by atoms with Gasteiger partial charge in [-0.3, -0.25) is 0 Å². The smallest absolute Gasteiger partial charge is 0.106 e. The van der Waals surface area contributed by atoms with Crippen molar-refractivity contribution in [3.63, 3.8) is 0 Å². The first-order valence-electron chi connectivity index (χ1n) is 4.95. The number of hydrogen-bond donors (Lipinski definition) is 0. The molecule has 2 radical (unpaired) electrons. The fourth-order valence-corrected chi connectivity index (χ4v) is 2.59. The third kappa shape index (κ3) is 91.2. The molecule has 7 heteroatoms. The Labute approximate surface area is 140 Å². The number of carbonyl (C=O) groups excluding carboxylic acids is 5. The van der Waals surface area contributed by atoms with Crippen LogP contribution in [-0.2, 0) is 41.0 Å². The summed E-state index contributed by atoms with van der Waals surface area (Å²) in [6.45, 7) is 21.2. The van der Waals surface area contributed by atoms with Crippen molar-refractivity contribution in [1.82, 2.24) is 0 Å². The van der Waals surface area contributed by atoms with E-state index < -0.39 is 0 Å². The molecule has 0 fully saturated rings. The van der Waals surface area contributed by atoms with Gasteiger partial charge in [-0.1, -0.05) is 18.2 Å². The summed E-state index contributed by atoms with van der Waals surface area (Å²) in [7, 11) is -0.252. The van der Waals surface area contributed by atoms with Gasteiger partial charge in [0.1, 0.15) is 33.9 Å². The topological polar surface area (TPSA) is 85.3 Å². The maximum absolute atomic E-state index is 8.00. The van der Waals surface area contributed by atoms with E-state index in [0.717, 1.165) is 0 Å². The van der Waals surface area contributed by atoms with Crippen molar-refractivity contribution in [2.24, 2.45) is 0 Å². The molecule has 0 N–H and O–H groups in total. The average Bonchev–Trinajstić information content (AvgIpc) is 2.58. The second-order valence-electron chi connectivity index (χ2n) is 2.23. The molecule has 21 heavy (non-hydrogen) atoms. The maximum Gasteiger partial charge on any atom is 0.106 e. The monoisotopic (exact) mass is 356 g/mol. The largest absolute Gasteiger partial charge is 0.307 e. The van der Waals surface area contributed by atoms with Gasteiger partial charge >= 0.3 is 0 Å². The molecular formula is C14H25MnO5Si. The molecule has 0 amide bonds. The molecule has 0 unspecified atom stereocenters. The second kappa shape index (κ2) is 103. The van der Waals surface area contributed by atoms with Crippen LogP contribution in [0.2, 0.25) is 18.1 Å². The predicted molar refractivity (Wildman–Crippen MR) is 86.4 cm³/mol. The Morgan fingerprint density at radius 2 is 0.667 bits per heavy atom. The van der Waals surface area contributed by atoms with Crippen LogP contribution in [0.4, 0.5) is 0 Å². The zero-order chi connectivity index (χ0) is 17.8. The first-order chi connectivity index (χ1) is 9.85. The standard InChI is InChI=1S/C9H15Si.5CH2O.Mn/c1-4-7-10(8-5-2)9-6-3;5*1-2;/h4-6H,1-3,7-9H2;5*1H2;. The van der Waals surface area contributed by atoms with Crippen LogP contribution < -0.4 is 0 Å². The molecule has 0 heterocycles. The Bertz CT molecular complexity index is 159. The van der Waals surface area contributed by atoms with Crippen LogP contribution in [0, 0.1) is 0 Å².